The van der Waals surface area contributed by atoms with Gasteiger partial charge in [-0.1, -0.05) is 26.2 Å². The van der Waals surface area contributed by atoms with E-state index in [4.69, 9.17) is 5.26 Å². The molecule has 0 radical (unpaired) electrons. The molecule has 88 valence electrons. The SMILES string of the molecule is CC1CC1C(=O)NC(C#N)C1CCCCC1. The molecule has 16 heavy (non-hydrogen) atoms. The average molecular weight is 220 g/mol. The molecular formula is C13H20N2O. The number of carbonyl (C=O) groups is 1. The van der Waals surface area contributed by atoms with Gasteiger partial charge in [0.25, 0.3) is 0 Å². The van der Waals surface area contributed by atoms with E-state index in [1.165, 1.54) is 19.3 Å². The fourth-order valence-corrected chi connectivity index (χ4v) is 2.67. The van der Waals surface area contributed by atoms with E-state index < -0.39 is 0 Å². The zero-order chi connectivity index (χ0) is 11.5. The van der Waals surface area contributed by atoms with Gasteiger partial charge in [0, 0.05) is 5.92 Å². The van der Waals surface area contributed by atoms with Crippen molar-refractivity contribution in [2.75, 3.05) is 0 Å². The number of carbonyl (C=O) groups excluding carboxylic acids is 1. The van der Waals surface area contributed by atoms with Crippen molar-refractivity contribution in [2.24, 2.45) is 17.8 Å². The van der Waals surface area contributed by atoms with Crippen LogP contribution in [0.5, 0.6) is 0 Å². The number of hydrogen-bond acceptors (Lipinski definition) is 2. The van der Waals surface area contributed by atoms with E-state index in [1.54, 1.807) is 0 Å². The monoisotopic (exact) mass is 220 g/mol. The van der Waals surface area contributed by atoms with E-state index >= 15 is 0 Å². The topological polar surface area (TPSA) is 52.9 Å². The van der Waals surface area contributed by atoms with Crippen LogP contribution in [-0.4, -0.2) is 11.9 Å². The maximum Gasteiger partial charge on any atom is 0.224 e. The Balaban J connectivity index is 1.85. The van der Waals surface area contributed by atoms with Gasteiger partial charge in [-0.2, -0.15) is 5.26 Å². The molecule has 3 atom stereocenters. The van der Waals surface area contributed by atoms with Gasteiger partial charge in [-0.05, 0) is 31.1 Å². The van der Waals surface area contributed by atoms with Crippen molar-refractivity contribution in [3.8, 4) is 6.07 Å². The molecular weight excluding hydrogens is 200 g/mol. The minimum atomic E-state index is -0.249. The van der Waals surface area contributed by atoms with Crippen LogP contribution in [0.4, 0.5) is 0 Å². The van der Waals surface area contributed by atoms with Crippen molar-refractivity contribution >= 4 is 5.91 Å². The van der Waals surface area contributed by atoms with Crippen molar-refractivity contribution in [1.82, 2.24) is 5.32 Å². The zero-order valence-electron chi connectivity index (χ0n) is 9.91. The maximum absolute atomic E-state index is 11.8. The lowest BCUT2D eigenvalue weighted by atomic mass is 9.84. The first-order valence-electron chi connectivity index (χ1n) is 6.42. The highest BCUT2D eigenvalue weighted by molar-refractivity contribution is 5.82. The molecule has 0 spiro atoms. The van der Waals surface area contributed by atoms with Gasteiger partial charge in [-0.15, -0.1) is 0 Å². The molecule has 1 amide bonds. The second-order valence-electron chi connectivity index (χ2n) is 5.33. The molecule has 0 aliphatic heterocycles. The van der Waals surface area contributed by atoms with Crippen LogP contribution in [0.2, 0.25) is 0 Å². The molecule has 2 aliphatic carbocycles. The van der Waals surface area contributed by atoms with Gasteiger partial charge in [0.2, 0.25) is 5.91 Å². The molecule has 2 saturated carbocycles. The Labute approximate surface area is 97.2 Å². The van der Waals surface area contributed by atoms with Crippen molar-refractivity contribution in [1.29, 1.82) is 5.26 Å². The summed E-state index contributed by atoms with van der Waals surface area (Å²) in [5.74, 6) is 1.19. The second kappa shape index (κ2) is 4.86. The Bertz CT molecular complexity index is 302. The summed E-state index contributed by atoms with van der Waals surface area (Å²) >= 11 is 0. The van der Waals surface area contributed by atoms with Crippen molar-refractivity contribution in [3.05, 3.63) is 0 Å². The number of rotatable bonds is 3. The highest BCUT2D eigenvalue weighted by atomic mass is 16.2. The zero-order valence-corrected chi connectivity index (χ0v) is 9.91. The number of nitriles is 1. The molecule has 0 aromatic carbocycles. The van der Waals surface area contributed by atoms with E-state index in [9.17, 15) is 4.79 Å². The van der Waals surface area contributed by atoms with Crippen LogP contribution in [0.25, 0.3) is 0 Å². The average Bonchev–Trinajstić information content (AvgIpc) is 3.04. The first-order valence-corrected chi connectivity index (χ1v) is 6.42. The smallest absolute Gasteiger partial charge is 0.224 e. The fourth-order valence-electron chi connectivity index (χ4n) is 2.67. The normalized spacial score (nSPS) is 31.5. The van der Waals surface area contributed by atoms with Crippen LogP contribution in [-0.2, 0) is 4.79 Å². The lowest BCUT2D eigenvalue weighted by Crippen LogP contribution is -2.41. The molecule has 2 rings (SSSR count). The van der Waals surface area contributed by atoms with Gasteiger partial charge in [0.15, 0.2) is 0 Å². The molecule has 3 nitrogen and oxygen atoms in total. The van der Waals surface area contributed by atoms with E-state index in [-0.39, 0.29) is 17.9 Å². The molecule has 3 heteroatoms. The largest absolute Gasteiger partial charge is 0.340 e. The van der Waals surface area contributed by atoms with Gasteiger partial charge < -0.3 is 5.32 Å². The molecule has 1 N–H and O–H groups in total. The third kappa shape index (κ3) is 2.55. The Morgan fingerprint density at radius 2 is 2.00 bits per heavy atom. The number of hydrogen-bond donors (Lipinski definition) is 1. The summed E-state index contributed by atoms with van der Waals surface area (Å²) in [6.45, 7) is 2.09. The Hall–Kier alpha value is -1.04. The summed E-state index contributed by atoms with van der Waals surface area (Å²) in [5.41, 5.74) is 0. The van der Waals surface area contributed by atoms with Crippen molar-refractivity contribution < 1.29 is 4.79 Å². The third-order valence-corrected chi connectivity index (χ3v) is 4.00. The van der Waals surface area contributed by atoms with Gasteiger partial charge in [0.05, 0.1) is 6.07 Å². The van der Waals surface area contributed by atoms with Gasteiger partial charge in [-0.3, -0.25) is 4.79 Å². The number of amides is 1. The van der Waals surface area contributed by atoms with Crippen LogP contribution in [0.15, 0.2) is 0 Å². The quantitative estimate of drug-likeness (QED) is 0.793. The highest BCUT2D eigenvalue weighted by Crippen LogP contribution is 2.38. The van der Waals surface area contributed by atoms with Gasteiger partial charge in [0.1, 0.15) is 6.04 Å². The molecule has 0 aromatic rings. The van der Waals surface area contributed by atoms with Crippen LogP contribution >= 0.6 is 0 Å². The molecule has 3 unspecified atom stereocenters. The highest BCUT2D eigenvalue weighted by Gasteiger charge is 2.40. The third-order valence-electron chi connectivity index (χ3n) is 4.00. The summed E-state index contributed by atoms with van der Waals surface area (Å²) < 4.78 is 0. The summed E-state index contributed by atoms with van der Waals surface area (Å²) in [5, 5.41) is 12.1. The minimum Gasteiger partial charge on any atom is -0.340 e. The van der Waals surface area contributed by atoms with E-state index in [0.717, 1.165) is 19.3 Å². The van der Waals surface area contributed by atoms with Gasteiger partial charge in [-0.25, -0.2) is 0 Å². The first kappa shape index (κ1) is 11.4. The van der Waals surface area contributed by atoms with Crippen LogP contribution < -0.4 is 5.32 Å². The molecule has 2 fully saturated rings. The Morgan fingerprint density at radius 3 is 2.50 bits per heavy atom. The summed E-state index contributed by atoms with van der Waals surface area (Å²) in [7, 11) is 0. The predicted octanol–water partition coefficient (Wildman–Crippen LogP) is 2.23. The van der Waals surface area contributed by atoms with Crippen molar-refractivity contribution in [2.45, 2.75) is 51.5 Å². The standard InChI is InChI=1S/C13H20N2O/c1-9-7-11(9)13(16)15-12(8-14)10-5-3-2-4-6-10/h9-12H,2-7H2,1H3,(H,15,16). The minimum absolute atomic E-state index is 0.102. The molecule has 0 aromatic heterocycles. The summed E-state index contributed by atoms with van der Waals surface area (Å²) in [6.07, 6.45) is 6.88. The van der Waals surface area contributed by atoms with E-state index in [1.807, 2.05) is 0 Å². The fraction of sp³-hybridized carbons (Fsp3) is 0.846. The number of nitrogens with one attached hydrogen (secondary N) is 1. The van der Waals surface area contributed by atoms with Crippen LogP contribution in [0.1, 0.15) is 45.4 Å². The van der Waals surface area contributed by atoms with Crippen molar-refractivity contribution in [3.63, 3.8) is 0 Å². The summed E-state index contributed by atoms with van der Waals surface area (Å²) in [4.78, 5) is 11.8. The lowest BCUT2D eigenvalue weighted by Gasteiger charge is -2.26. The van der Waals surface area contributed by atoms with E-state index in [2.05, 4.69) is 18.3 Å². The van der Waals surface area contributed by atoms with Crippen LogP contribution in [0.3, 0.4) is 0 Å². The Kier molecular flexibility index (Phi) is 3.48. The summed E-state index contributed by atoms with van der Waals surface area (Å²) in [6, 6.07) is 2.02. The molecule has 0 bridgehead atoms. The Morgan fingerprint density at radius 1 is 1.38 bits per heavy atom. The molecule has 2 aliphatic rings. The second-order valence-corrected chi connectivity index (χ2v) is 5.33. The van der Waals surface area contributed by atoms with E-state index in [0.29, 0.717) is 11.8 Å². The van der Waals surface area contributed by atoms with Gasteiger partial charge >= 0.3 is 0 Å². The van der Waals surface area contributed by atoms with Crippen LogP contribution in [0, 0.1) is 29.1 Å². The maximum atomic E-state index is 11.8. The number of nitrogens with zero attached hydrogens (tertiary/aromatic N) is 1. The first-order chi connectivity index (χ1) is 7.72. The molecule has 0 saturated heterocycles. The predicted molar refractivity (Wildman–Crippen MR) is 61.4 cm³/mol. The molecule has 0 heterocycles. The lowest BCUT2D eigenvalue weighted by molar-refractivity contribution is -0.123.